The average molecular weight is 285 g/mol. The highest BCUT2D eigenvalue weighted by molar-refractivity contribution is 6.31. The maximum atomic E-state index is 6.07. The van der Waals surface area contributed by atoms with Gasteiger partial charge in [-0.25, -0.2) is 0 Å². The zero-order valence-corrected chi connectivity index (χ0v) is 11.0. The molecular weight excluding hydrogens is 276 g/mol. The van der Waals surface area contributed by atoms with Crippen LogP contribution in [0.25, 0.3) is 17.1 Å². The van der Waals surface area contributed by atoms with Crippen LogP contribution in [0.1, 0.15) is 0 Å². The normalized spacial score (nSPS) is 11.8. The first-order valence-electron chi connectivity index (χ1n) is 6.02. The second kappa shape index (κ2) is 3.98. The van der Waals surface area contributed by atoms with E-state index in [0.29, 0.717) is 28.3 Å². The number of ether oxygens (including phenoxy) is 1. The Morgan fingerprint density at radius 2 is 1.90 bits per heavy atom. The van der Waals surface area contributed by atoms with Gasteiger partial charge in [0.15, 0.2) is 11.6 Å². The number of hydrogen-bond donors (Lipinski definition) is 1. The molecule has 0 bridgehead atoms. The summed E-state index contributed by atoms with van der Waals surface area (Å²) in [7, 11) is 0. The van der Waals surface area contributed by atoms with Crippen LogP contribution in [0.5, 0.6) is 11.5 Å². The van der Waals surface area contributed by atoms with E-state index in [-0.39, 0.29) is 0 Å². The number of benzene rings is 2. The summed E-state index contributed by atoms with van der Waals surface area (Å²) in [5.41, 5.74) is 7.51. The van der Waals surface area contributed by atoms with E-state index in [1.165, 1.54) is 0 Å². The summed E-state index contributed by atoms with van der Waals surface area (Å²) in [6.07, 6.45) is 0. The first-order valence-corrected chi connectivity index (χ1v) is 6.40. The van der Waals surface area contributed by atoms with Gasteiger partial charge in [-0.05, 0) is 30.3 Å². The fourth-order valence-corrected chi connectivity index (χ4v) is 2.49. The van der Waals surface area contributed by atoms with Crippen LogP contribution in [0.4, 0.5) is 5.95 Å². The first-order chi connectivity index (χ1) is 9.74. The molecule has 0 aliphatic carbocycles. The number of nitrogen functional groups attached to an aromatic ring is 1. The van der Waals surface area contributed by atoms with Crippen LogP contribution in [0, 0.1) is 0 Å². The molecule has 1 aliphatic heterocycles. The minimum atomic E-state index is 0.309. The van der Waals surface area contributed by atoms with Crippen molar-refractivity contribution in [1.82, 2.24) is 14.8 Å². The minimum absolute atomic E-state index is 0.309. The third-order valence-electron chi connectivity index (χ3n) is 3.20. The number of anilines is 1. The van der Waals surface area contributed by atoms with Crippen molar-refractivity contribution in [2.75, 3.05) is 5.73 Å². The lowest BCUT2D eigenvalue weighted by Crippen LogP contribution is -2.01. The molecule has 5 nitrogen and oxygen atoms in total. The molecule has 0 fully saturated rings. The summed E-state index contributed by atoms with van der Waals surface area (Å²) in [6, 6.07) is 13.0. The van der Waals surface area contributed by atoms with Gasteiger partial charge in [0.1, 0.15) is 5.75 Å². The Morgan fingerprint density at radius 3 is 2.80 bits per heavy atom. The molecule has 0 saturated heterocycles. The molecule has 20 heavy (non-hydrogen) atoms. The van der Waals surface area contributed by atoms with Crippen LogP contribution in [-0.2, 0) is 0 Å². The largest absolute Gasteiger partial charge is 0.454 e. The second-order valence-electron chi connectivity index (χ2n) is 4.43. The van der Waals surface area contributed by atoms with Crippen LogP contribution in [0.15, 0.2) is 42.5 Å². The summed E-state index contributed by atoms with van der Waals surface area (Å²) in [5, 5.41) is 8.71. The van der Waals surface area contributed by atoms with E-state index in [9.17, 15) is 0 Å². The maximum Gasteiger partial charge on any atom is 0.227 e. The van der Waals surface area contributed by atoms with E-state index in [0.717, 1.165) is 11.3 Å². The van der Waals surface area contributed by atoms with Gasteiger partial charge in [-0.3, -0.25) is 4.57 Å². The highest BCUT2D eigenvalue weighted by atomic mass is 35.5. The Kier molecular flexibility index (Phi) is 2.25. The van der Waals surface area contributed by atoms with Gasteiger partial charge in [0.25, 0.3) is 0 Å². The SMILES string of the molecule is Nc1nnc2n1-c1ccccc1Oc1ccc(Cl)cc1-2. The van der Waals surface area contributed by atoms with Crippen molar-refractivity contribution in [2.45, 2.75) is 0 Å². The third-order valence-corrected chi connectivity index (χ3v) is 3.43. The highest BCUT2D eigenvalue weighted by Crippen LogP contribution is 2.42. The Balaban J connectivity index is 2.13. The molecule has 2 heterocycles. The van der Waals surface area contributed by atoms with E-state index in [2.05, 4.69) is 10.2 Å². The smallest absolute Gasteiger partial charge is 0.227 e. The zero-order chi connectivity index (χ0) is 13.7. The fraction of sp³-hybridized carbons (Fsp3) is 0. The Bertz CT molecular complexity index is 828. The molecule has 3 aromatic rings. The van der Waals surface area contributed by atoms with E-state index < -0.39 is 0 Å². The Morgan fingerprint density at radius 1 is 1.05 bits per heavy atom. The molecule has 6 heteroatoms. The van der Waals surface area contributed by atoms with E-state index >= 15 is 0 Å². The molecule has 4 rings (SSSR count). The molecule has 0 saturated carbocycles. The van der Waals surface area contributed by atoms with Crippen LogP contribution in [0.2, 0.25) is 5.02 Å². The average Bonchev–Trinajstić information content (AvgIpc) is 2.76. The molecule has 0 atom stereocenters. The van der Waals surface area contributed by atoms with Crippen molar-refractivity contribution in [3.05, 3.63) is 47.5 Å². The van der Waals surface area contributed by atoms with Crippen LogP contribution in [0.3, 0.4) is 0 Å². The molecule has 0 spiro atoms. The van der Waals surface area contributed by atoms with Gasteiger partial charge in [0, 0.05) is 5.02 Å². The van der Waals surface area contributed by atoms with Crippen molar-refractivity contribution < 1.29 is 4.74 Å². The molecule has 1 aliphatic rings. The van der Waals surface area contributed by atoms with Gasteiger partial charge in [0.05, 0.1) is 11.3 Å². The summed E-state index contributed by atoms with van der Waals surface area (Å²) >= 11 is 6.07. The summed E-state index contributed by atoms with van der Waals surface area (Å²) in [4.78, 5) is 0. The lowest BCUT2D eigenvalue weighted by molar-refractivity contribution is 0.485. The maximum absolute atomic E-state index is 6.07. The van der Waals surface area contributed by atoms with Gasteiger partial charge >= 0.3 is 0 Å². The third kappa shape index (κ3) is 1.50. The molecule has 98 valence electrons. The Hall–Kier alpha value is -2.53. The molecule has 0 radical (unpaired) electrons. The molecule has 1 aromatic heterocycles. The lowest BCUT2D eigenvalue weighted by atomic mass is 10.2. The van der Waals surface area contributed by atoms with Crippen LogP contribution >= 0.6 is 11.6 Å². The van der Waals surface area contributed by atoms with Gasteiger partial charge in [-0.1, -0.05) is 23.7 Å². The highest BCUT2D eigenvalue weighted by Gasteiger charge is 2.24. The van der Waals surface area contributed by atoms with E-state index in [1.54, 1.807) is 16.7 Å². The zero-order valence-electron chi connectivity index (χ0n) is 10.2. The molecule has 0 amide bonds. The van der Waals surface area contributed by atoms with E-state index in [4.69, 9.17) is 22.1 Å². The minimum Gasteiger partial charge on any atom is -0.454 e. The quantitative estimate of drug-likeness (QED) is 0.538. The van der Waals surface area contributed by atoms with E-state index in [1.807, 2.05) is 30.3 Å². The van der Waals surface area contributed by atoms with Crippen molar-refractivity contribution in [3.63, 3.8) is 0 Å². The van der Waals surface area contributed by atoms with Gasteiger partial charge in [0.2, 0.25) is 5.95 Å². The lowest BCUT2D eigenvalue weighted by Gasteiger charge is -2.08. The number of halogens is 1. The number of hydrogen-bond acceptors (Lipinski definition) is 4. The van der Waals surface area contributed by atoms with Gasteiger partial charge in [-0.15, -0.1) is 10.2 Å². The number of rotatable bonds is 0. The first kappa shape index (κ1) is 11.3. The van der Waals surface area contributed by atoms with Crippen molar-refractivity contribution in [1.29, 1.82) is 0 Å². The summed E-state index contributed by atoms with van der Waals surface area (Å²) in [6.45, 7) is 0. The monoisotopic (exact) mass is 284 g/mol. The van der Waals surface area contributed by atoms with Crippen LogP contribution in [-0.4, -0.2) is 14.8 Å². The molecular formula is C14H9ClN4O. The molecule has 2 N–H and O–H groups in total. The number of nitrogens with two attached hydrogens (primary N) is 1. The van der Waals surface area contributed by atoms with Gasteiger partial charge < -0.3 is 10.5 Å². The number of fused-ring (bicyclic) bond motifs is 5. The molecule has 2 aromatic carbocycles. The predicted molar refractivity (Wildman–Crippen MR) is 76.3 cm³/mol. The Labute approximate surface area is 119 Å². The standard InChI is InChI=1S/C14H9ClN4O/c15-8-5-6-11-9(7-8)13-17-18-14(16)19(13)10-3-1-2-4-12(10)20-11/h1-7H,(H2,16,18). The van der Waals surface area contributed by atoms with Crippen LogP contribution < -0.4 is 10.5 Å². The van der Waals surface area contributed by atoms with Crippen molar-refractivity contribution >= 4 is 17.5 Å². The fourth-order valence-electron chi connectivity index (χ4n) is 2.32. The molecule has 0 unspecified atom stereocenters. The summed E-state index contributed by atoms with van der Waals surface area (Å²) < 4.78 is 7.71. The van der Waals surface area contributed by atoms with Gasteiger partial charge in [-0.2, -0.15) is 0 Å². The van der Waals surface area contributed by atoms with Crippen molar-refractivity contribution in [2.24, 2.45) is 0 Å². The second-order valence-corrected chi connectivity index (χ2v) is 4.86. The number of para-hydroxylation sites is 2. The number of nitrogens with zero attached hydrogens (tertiary/aromatic N) is 3. The topological polar surface area (TPSA) is 66.0 Å². The summed E-state index contributed by atoms with van der Waals surface area (Å²) in [5.74, 6) is 2.29. The van der Waals surface area contributed by atoms with Crippen molar-refractivity contribution in [3.8, 4) is 28.6 Å². The predicted octanol–water partition coefficient (Wildman–Crippen LogP) is 3.28. The number of aromatic nitrogens is 3.